The lowest BCUT2D eigenvalue weighted by atomic mass is 10.1. The molecule has 0 unspecified atom stereocenters. The second kappa shape index (κ2) is 9.37. The molecule has 5 nitrogen and oxygen atoms in total. The van der Waals surface area contributed by atoms with Crippen molar-refractivity contribution in [3.05, 3.63) is 29.8 Å². The van der Waals surface area contributed by atoms with Crippen LogP contribution in [0.3, 0.4) is 0 Å². The van der Waals surface area contributed by atoms with E-state index in [2.05, 4.69) is 53.6 Å². The van der Waals surface area contributed by atoms with E-state index in [1.54, 1.807) is 0 Å². The molecule has 0 aliphatic heterocycles. The van der Waals surface area contributed by atoms with Crippen molar-refractivity contribution in [1.82, 2.24) is 15.1 Å². The number of benzene rings is 1. The number of anilines is 2. The number of carbonyl (C=O) groups excluding carboxylic acids is 1. The highest BCUT2D eigenvalue weighted by Crippen LogP contribution is 2.31. The molecule has 1 N–H and O–H groups in total. The number of aromatic nitrogens is 2. The highest BCUT2D eigenvalue weighted by Gasteiger charge is 2.26. The Labute approximate surface area is 163 Å². The quantitative estimate of drug-likeness (QED) is 0.602. The summed E-state index contributed by atoms with van der Waals surface area (Å²) >= 11 is 2.97. The van der Waals surface area contributed by atoms with E-state index in [1.807, 2.05) is 4.90 Å². The molecular formula is C19H26N4OS2. The molecule has 2 aromatic rings. The first-order chi connectivity index (χ1) is 12.7. The summed E-state index contributed by atoms with van der Waals surface area (Å²) in [5, 5.41) is 12.4. The van der Waals surface area contributed by atoms with Gasteiger partial charge < -0.3 is 10.2 Å². The predicted molar refractivity (Wildman–Crippen MR) is 109 cm³/mol. The number of nitrogens with zero attached hydrogens (tertiary/aromatic N) is 3. The van der Waals surface area contributed by atoms with E-state index < -0.39 is 0 Å². The van der Waals surface area contributed by atoms with Crippen molar-refractivity contribution in [3.63, 3.8) is 0 Å². The zero-order valence-electron chi connectivity index (χ0n) is 15.4. The molecular weight excluding hydrogens is 364 g/mol. The summed E-state index contributed by atoms with van der Waals surface area (Å²) in [4.78, 5) is 14.5. The molecule has 26 heavy (non-hydrogen) atoms. The van der Waals surface area contributed by atoms with Crippen LogP contribution in [0.15, 0.2) is 28.6 Å². The van der Waals surface area contributed by atoms with Crippen molar-refractivity contribution in [2.24, 2.45) is 5.92 Å². The third-order valence-electron chi connectivity index (χ3n) is 4.36. The zero-order valence-corrected chi connectivity index (χ0v) is 17.0. The Morgan fingerprint density at radius 2 is 2.04 bits per heavy atom. The number of amides is 1. The summed E-state index contributed by atoms with van der Waals surface area (Å²) < 4.78 is 0.828. The molecule has 140 valence electrons. The van der Waals surface area contributed by atoms with Gasteiger partial charge in [0.1, 0.15) is 0 Å². The number of aryl methyl sites for hydroxylation is 1. The SMILES string of the molecule is CCCN(CC1CC1)C(=O)CSc1nnc(Nc2ccc(CC)cc2)s1. The standard InChI is InChI=1S/C19H26N4OS2/c1-3-11-23(12-15-5-6-15)17(24)13-25-19-22-21-18(26-19)20-16-9-7-14(4-2)8-10-16/h7-10,15H,3-6,11-13H2,1-2H3,(H,20,21). The summed E-state index contributed by atoms with van der Waals surface area (Å²) in [5.41, 5.74) is 2.31. The normalized spacial score (nSPS) is 13.6. The Morgan fingerprint density at radius 1 is 1.27 bits per heavy atom. The lowest BCUT2D eigenvalue weighted by Crippen LogP contribution is -2.34. The van der Waals surface area contributed by atoms with E-state index in [0.717, 1.165) is 47.0 Å². The topological polar surface area (TPSA) is 58.1 Å². The van der Waals surface area contributed by atoms with Gasteiger partial charge in [-0.1, -0.05) is 49.1 Å². The Hall–Kier alpha value is -1.60. The van der Waals surface area contributed by atoms with Crippen molar-refractivity contribution < 1.29 is 4.79 Å². The van der Waals surface area contributed by atoms with Gasteiger partial charge in [-0.05, 0) is 49.3 Å². The van der Waals surface area contributed by atoms with Gasteiger partial charge in [-0.3, -0.25) is 4.79 Å². The molecule has 1 aliphatic rings. The number of thioether (sulfide) groups is 1. The second-order valence-corrected chi connectivity index (χ2v) is 8.82. The van der Waals surface area contributed by atoms with Gasteiger partial charge in [-0.25, -0.2) is 0 Å². The van der Waals surface area contributed by atoms with Gasteiger partial charge in [0.2, 0.25) is 11.0 Å². The molecule has 0 bridgehead atoms. The van der Waals surface area contributed by atoms with Crippen LogP contribution in [0.1, 0.15) is 38.7 Å². The van der Waals surface area contributed by atoms with E-state index in [0.29, 0.717) is 5.75 Å². The van der Waals surface area contributed by atoms with Crippen LogP contribution in [-0.2, 0) is 11.2 Å². The monoisotopic (exact) mass is 390 g/mol. The Kier molecular flexibility index (Phi) is 6.91. The minimum absolute atomic E-state index is 0.212. The van der Waals surface area contributed by atoms with Crippen LogP contribution in [0.2, 0.25) is 0 Å². The predicted octanol–water partition coefficient (Wildman–Crippen LogP) is 4.58. The summed E-state index contributed by atoms with van der Waals surface area (Å²) in [6, 6.07) is 8.33. The van der Waals surface area contributed by atoms with Crippen LogP contribution in [0.5, 0.6) is 0 Å². The lowest BCUT2D eigenvalue weighted by Gasteiger charge is -2.21. The second-order valence-electron chi connectivity index (χ2n) is 6.62. The van der Waals surface area contributed by atoms with E-state index in [9.17, 15) is 4.79 Å². The van der Waals surface area contributed by atoms with Crippen molar-refractivity contribution >= 4 is 39.8 Å². The number of hydrogen-bond donors (Lipinski definition) is 1. The average molecular weight is 391 g/mol. The molecule has 1 amide bonds. The van der Waals surface area contributed by atoms with Gasteiger partial charge >= 0.3 is 0 Å². The molecule has 7 heteroatoms. The Morgan fingerprint density at radius 3 is 2.69 bits per heavy atom. The van der Waals surface area contributed by atoms with Crippen molar-refractivity contribution in [3.8, 4) is 0 Å². The van der Waals surface area contributed by atoms with E-state index in [4.69, 9.17) is 0 Å². The van der Waals surface area contributed by atoms with Gasteiger partial charge in [0, 0.05) is 18.8 Å². The van der Waals surface area contributed by atoms with Gasteiger partial charge in [-0.15, -0.1) is 10.2 Å². The van der Waals surface area contributed by atoms with Crippen LogP contribution >= 0.6 is 23.1 Å². The average Bonchev–Trinajstić information content (AvgIpc) is 3.37. The van der Waals surface area contributed by atoms with Crippen molar-refractivity contribution in [2.45, 2.75) is 43.9 Å². The molecule has 1 fully saturated rings. The first kappa shape index (κ1) is 19.2. The van der Waals surface area contributed by atoms with Gasteiger partial charge in [0.15, 0.2) is 4.34 Å². The minimum Gasteiger partial charge on any atom is -0.342 e. The molecule has 3 rings (SSSR count). The molecule has 1 aromatic carbocycles. The number of nitrogens with one attached hydrogen (secondary N) is 1. The van der Waals surface area contributed by atoms with Crippen molar-refractivity contribution in [1.29, 1.82) is 0 Å². The lowest BCUT2D eigenvalue weighted by molar-refractivity contribution is -0.128. The fourth-order valence-electron chi connectivity index (χ4n) is 2.68. The maximum atomic E-state index is 12.5. The van der Waals surface area contributed by atoms with E-state index >= 15 is 0 Å². The first-order valence-corrected chi connectivity index (χ1v) is 11.1. The number of hydrogen-bond acceptors (Lipinski definition) is 6. The van der Waals surface area contributed by atoms with Gasteiger partial charge in [-0.2, -0.15) is 0 Å². The third kappa shape index (κ3) is 5.71. The molecule has 1 saturated carbocycles. The maximum Gasteiger partial charge on any atom is 0.233 e. The molecule has 0 atom stereocenters. The van der Waals surface area contributed by atoms with Crippen LogP contribution in [0.4, 0.5) is 10.8 Å². The Balaban J connectivity index is 1.49. The summed E-state index contributed by atoms with van der Waals surface area (Å²) in [6.07, 6.45) is 4.58. The third-order valence-corrected chi connectivity index (χ3v) is 6.32. The summed E-state index contributed by atoms with van der Waals surface area (Å²) in [5.74, 6) is 1.38. The van der Waals surface area contributed by atoms with Crippen LogP contribution in [0, 0.1) is 5.92 Å². The largest absolute Gasteiger partial charge is 0.342 e. The van der Waals surface area contributed by atoms with Crippen LogP contribution in [0.25, 0.3) is 0 Å². The van der Waals surface area contributed by atoms with Crippen LogP contribution in [-0.4, -0.2) is 39.8 Å². The van der Waals surface area contributed by atoms with Gasteiger partial charge in [0.25, 0.3) is 0 Å². The smallest absolute Gasteiger partial charge is 0.233 e. The molecule has 0 radical (unpaired) electrons. The van der Waals surface area contributed by atoms with E-state index in [1.165, 1.54) is 41.5 Å². The molecule has 0 saturated heterocycles. The minimum atomic E-state index is 0.212. The highest BCUT2D eigenvalue weighted by molar-refractivity contribution is 8.01. The maximum absolute atomic E-state index is 12.5. The van der Waals surface area contributed by atoms with Crippen LogP contribution < -0.4 is 5.32 Å². The van der Waals surface area contributed by atoms with E-state index in [-0.39, 0.29) is 5.91 Å². The summed E-state index contributed by atoms with van der Waals surface area (Å²) in [7, 11) is 0. The summed E-state index contributed by atoms with van der Waals surface area (Å²) in [6.45, 7) is 6.04. The molecule has 1 aliphatic carbocycles. The Bertz CT molecular complexity index is 713. The first-order valence-electron chi connectivity index (χ1n) is 9.28. The molecule has 1 aromatic heterocycles. The van der Waals surface area contributed by atoms with Gasteiger partial charge in [0.05, 0.1) is 5.75 Å². The highest BCUT2D eigenvalue weighted by atomic mass is 32.2. The number of rotatable bonds is 10. The molecule has 0 spiro atoms. The number of carbonyl (C=O) groups is 1. The molecule has 1 heterocycles. The van der Waals surface area contributed by atoms with Crippen molar-refractivity contribution in [2.75, 3.05) is 24.2 Å². The fraction of sp³-hybridized carbons (Fsp3) is 0.526. The zero-order chi connectivity index (χ0) is 18.4. The fourth-order valence-corrected chi connectivity index (χ4v) is 4.36.